The number of pyridine rings is 2. The molecule has 6 aromatic rings. The third-order valence-corrected chi connectivity index (χ3v) is 11.3. The molecular formula is C48H48N6O9S. The van der Waals surface area contributed by atoms with E-state index in [9.17, 15) is 27.7 Å². The fourth-order valence-electron chi connectivity index (χ4n) is 6.90. The van der Waals surface area contributed by atoms with Crippen LogP contribution in [0, 0.1) is 5.41 Å². The minimum Gasteiger partial charge on any atom is -0.508 e. The fraction of sp³-hybridized carbons (Fsp3) is 0.229. The second kappa shape index (κ2) is 20.3. The molecule has 0 spiro atoms. The Bertz CT molecular complexity index is 2710. The lowest BCUT2D eigenvalue weighted by atomic mass is 9.87. The van der Waals surface area contributed by atoms with E-state index in [2.05, 4.69) is 40.0 Å². The summed E-state index contributed by atoms with van der Waals surface area (Å²) in [7, 11) is -4.45. The van der Waals surface area contributed by atoms with Gasteiger partial charge in [0.25, 0.3) is 16.0 Å². The number of rotatable bonds is 19. The lowest BCUT2D eigenvalue weighted by Crippen LogP contribution is -2.49. The highest BCUT2D eigenvalue weighted by molar-refractivity contribution is 7.86. The predicted octanol–water partition coefficient (Wildman–Crippen LogP) is 7.67. The van der Waals surface area contributed by atoms with Crippen molar-refractivity contribution in [2.24, 2.45) is 10.5 Å². The van der Waals surface area contributed by atoms with Gasteiger partial charge in [-0.2, -0.15) is 13.5 Å². The van der Waals surface area contributed by atoms with E-state index in [-0.39, 0.29) is 52.1 Å². The molecule has 2 aromatic heterocycles. The van der Waals surface area contributed by atoms with E-state index in [0.29, 0.717) is 30.5 Å². The van der Waals surface area contributed by atoms with Gasteiger partial charge in [0, 0.05) is 36.4 Å². The summed E-state index contributed by atoms with van der Waals surface area (Å²) in [6.45, 7) is 5.14. The van der Waals surface area contributed by atoms with Crippen LogP contribution < -0.4 is 30.3 Å². The minimum atomic E-state index is -4.45. The van der Waals surface area contributed by atoms with Crippen LogP contribution >= 0.6 is 0 Å². The quantitative estimate of drug-likeness (QED) is 0.0230. The number of phenols is 1. The van der Waals surface area contributed by atoms with E-state index in [1.165, 1.54) is 54.9 Å². The van der Waals surface area contributed by atoms with Crippen LogP contribution in [0.25, 0.3) is 22.4 Å². The standard InChI is InChI=1S/C48H48N6O9S/c1-48(2,22-8-9-23-61-45-27-37(25-39(52-45)33-10-4-3-5-11-33)34-16-20-41-42(26-34)63-31-62-41)30-50-47(57)40(24-32-14-18-38(55)19-15-32)53-46(56)36-17-21-44(49-28-36)54-51-29-35-12-6-7-13-43(35)64(58,59)60/h3-7,10-21,25-29,40,55H,8-9,22-24,30-31H2,1-2H3,(H,49,54)(H,50,57)(H,53,56)(H,58,59,60)/b51-29+/t40-/m0/s1. The number of hydrogen-bond acceptors (Lipinski definition) is 12. The number of nitrogens with one attached hydrogen (secondary N) is 3. The summed E-state index contributed by atoms with van der Waals surface area (Å²) in [5.41, 5.74) is 7.11. The van der Waals surface area contributed by atoms with Gasteiger partial charge in [0.15, 0.2) is 11.5 Å². The minimum absolute atomic E-state index is 0.0793. The smallest absolute Gasteiger partial charge is 0.295 e. The van der Waals surface area contributed by atoms with Crippen LogP contribution in [-0.4, -0.2) is 72.1 Å². The molecule has 16 heteroatoms. The number of carbonyl (C=O) groups is 2. The summed E-state index contributed by atoms with van der Waals surface area (Å²) in [6.07, 6.45) is 5.07. The average Bonchev–Trinajstić information content (AvgIpc) is 3.77. The Labute approximate surface area is 371 Å². The normalized spacial score (nSPS) is 12.7. The summed E-state index contributed by atoms with van der Waals surface area (Å²) in [5, 5.41) is 19.7. The first-order valence-electron chi connectivity index (χ1n) is 20.6. The Morgan fingerprint density at radius 2 is 1.64 bits per heavy atom. The van der Waals surface area contributed by atoms with Crippen molar-refractivity contribution in [3.05, 3.63) is 144 Å². The maximum atomic E-state index is 13.7. The molecule has 0 unspecified atom stereocenters. The second-order valence-electron chi connectivity index (χ2n) is 15.9. The molecule has 4 aromatic carbocycles. The third-order valence-electron chi connectivity index (χ3n) is 10.4. The summed E-state index contributed by atoms with van der Waals surface area (Å²) >= 11 is 0. The first kappa shape index (κ1) is 44.7. The molecule has 0 fully saturated rings. The molecular weight excluding hydrogens is 837 g/mol. The van der Waals surface area contributed by atoms with E-state index >= 15 is 0 Å². The van der Waals surface area contributed by atoms with Crippen molar-refractivity contribution >= 4 is 34.0 Å². The van der Waals surface area contributed by atoms with Gasteiger partial charge in [-0.05, 0) is 89.9 Å². The number of nitrogens with zero attached hydrogens (tertiary/aromatic N) is 3. The molecule has 15 nitrogen and oxygen atoms in total. The molecule has 0 saturated heterocycles. The van der Waals surface area contributed by atoms with E-state index in [0.717, 1.165) is 47.2 Å². The van der Waals surface area contributed by atoms with Crippen molar-refractivity contribution in [3.8, 4) is 45.5 Å². The molecule has 2 amide bonds. The zero-order chi connectivity index (χ0) is 45.1. The summed E-state index contributed by atoms with van der Waals surface area (Å²) in [6, 6.07) is 34.0. The number of amides is 2. The Morgan fingerprint density at radius 3 is 2.41 bits per heavy atom. The van der Waals surface area contributed by atoms with Gasteiger partial charge in [-0.25, -0.2) is 9.97 Å². The number of hydrazone groups is 1. The van der Waals surface area contributed by atoms with Crippen molar-refractivity contribution in [2.45, 2.75) is 50.5 Å². The van der Waals surface area contributed by atoms with Gasteiger partial charge in [0.05, 0.1) is 24.1 Å². The molecule has 1 aliphatic heterocycles. The largest absolute Gasteiger partial charge is 0.508 e. The van der Waals surface area contributed by atoms with Gasteiger partial charge in [-0.3, -0.25) is 19.6 Å². The number of fused-ring (bicyclic) bond motifs is 1. The number of aromatic nitrogens is 2. The fourth-order valence-corrected chi connectivity index (χ4v) is 7.57. The average molecular weight is 885 g/mol. The van der Waals surface area contributed by atoms with Crippen LogP contribution in [0.3, 0.4) is 0 Å². The topological polar surface area (TPSA) is 211 Å². The van der Waals surface area contributed by atoms with Gasteiger partial charge in [-0.1, -0.05) is 80.6 Å². The van der Waals surface area contributed by atoms with E-state index < -0.39 is 22.1 Å². The summed E-state index contributed by atoms with van der Waals surface area (Å²) in [5.74, 6) is 1.35. The van der Waals surface area contributed by atoms with Crippen molar-refractivity contribution in [1.82, 2.24) is 20.6 Å². The Kier molecular flexibility index (Phi) is 14.2. The van der Waals surface area contributed by atoms with Crippen molar-refractivity contribution in [2.75, 3.05) is 25.4 Å². The summed E-state index contributed by atoms with van der Waals surface area (Å²) in [4.78, 5) is 35.9. The second-order valence-corrected chi connectivity index (χ2v) is 17.3. The molecule has 7 rings (SSSR count). The summed E-state index contributed by atoms with van der Waals surface area (Å²) < 4.78 is 50.2. The number of unbranched alkanes of at least 4 members (excludes halogenated alkanes) is 1. The van der Waals surface area contributed by atoms with Gasteiger partial charge < -0.3 is 30.0 Å². The molecule has 0 aliphatic carbocycles. The lowest BCUT2D eigenvalue weighted by Gasteiger charge is -2.27. The van der Waals surface area contributed by atoms with Crippen LogP contribution in [0.2, 0.25) is 0 Å². The first-order chi connectivity index (χ1) is 30.8. The number of carbonyl (C=O) groups excluding carboxylic acids is 2. The maximum Gasteiger partial charge on any atom is 0.295 e. The SMILES string of the molecule is CC(C)(CCCCOc1cc(-c2ccc3c(c2)OCO3)cc(-c2ccccc2)n1)CNC(=O)[C@H](Cc1ccc(O)cc1)NC(=O)c1ccc(N/N=C/c2ccccc2S(=O)(=O)O)nc1. The van der Waals surface area contributed by atoms with Crippen LogP contribution in [0.4, 0.5) is 5.82 Å². The zero-order valence-corrected chi connectivity index (χ0v) is 36.0. The number of benzene rings is 4. The number of aromatic hydroxyl groups is 1. The number of hydrogen-bond donors (Lipinski definition) is 5. The molecule has 0 radical (unpaired) electrons. The monoisotopic (exact) mass is 884 g/mol. The van der Waals surface area contributed by atoms with Crippen molar-refractivity contribution < 1.29 is 41.9 Å². The highest BCUT2D eigenvalue weighted by Crippen LogP contribution is 2.37. The van der Waals surface area contributed by atoms with Crippen molar-refractivity contribution in [1.29, 1.82) is 0 Å². The van der Waals surface area contributed by atoms with Crippen LogP contribution in [0.1, 0.15) is 54.6 Å². The molecule has 5 N–H and O–H groups in total. The van der Waals surface area contributed by atoms with Crippen LogP contribution in [0.15, 0.2) is 138 Å². The van der Waals surface area contributed by atoms with E-state index in [1.807, 2.05) is 60.7 Å². The molecule has 3 heterocycles. The first-order valence-corrected chi connectivity index (χ1v) is 22.0. The van der Waals surface area contributed by atoms with Crippen LogP contribution in [0.5, 0.6) is 23.1 Å². The molecule has 330 valence electrons. The van der Waals surface area contributed by atoms with E-state index in [4.69, 9.17) is 19.2 Å². The Morgan fingerprint density at radius 1 is 0.875 bits per heavy atom. The number of anilines is 1. The van der Waals surface area contributed by atoms with Crippen LogP contribution in [-0.2, 0) is 21.3 Å². The Hall–Kier alpha value is -7.30. The van der Waals surface area contributed by atoms with Crippen molar-refractivity contribution in [3.63, 3.8) is 0 Å². The van der Waals surface area contributed by atoms with E-state index in [1.54, 1.807) is 18.2 Å². The highest BCUT2D eigenvalue weighted by atomic mass is 32.2. The zero-order valence-electron chi connectivity index (χ0n) is 35.2. The van der Waals surface area contributed by atoms with Gasteiger partial charge >= 0.3 is 0 Å². The molecule has 64 heavy (non-hydrogen) atoms. The van der Waals surface area contributed by atoms with Gasteiger partial charge in [0.2, 0.25) is 18.6 Å². The maximum absolute atomic E-state index is 13.7. The van der Waals surface area contributed by atoms with Gasteiger partial charge in [0.1, 0.15) is 22.5 Å². The highest BCUT2D eigenvalue weighted by Gasteiger charge is 2.26. The van der Waals surface area contributed by atoms with Gasteiger partial charge in [-0.15, -0.1) is 0 Å². The molecule has 1 aliphatic rings. The lowest BCUT2D eigenvalue weighted by molar-refractivity contribution is -0.123. The number of phenolic OH excluding ortho intramolecular Hbond substituents is 1. The predicted molar refractivity (Wildman–Crippen MR) is 242 cm³/mol. The third kappa shape index (κ3) is 12.2. The molecule has 0 bridgehead atoms. The molecule has 0 saturated carbocycles. The Balaban J connectivity index is 0.927. The molecule has 1 atom stereocenters. The number of ether oxygens (including phenoxy) is 3.